The van der Waals surface area contributed by atoms with Gasteiger partial charge in [0.25, 0.3) is 5.91 Å². The molecule has 1 aromatic rings. The highest BCUT2D eigenvalue weighted by molar-refractivity contribution is 7.12. The molecule has 0 saturated carbocycles. The van der Waals surface area contributed by atoms with E-state index < -0.39 is 0 Å². The van der Waals surface area contributed by atoms with Gasteiger partial charge in [-0.1, -0.05) is 0 Å². The van der Waals surface area contributed by atoms with E-state index in [-0.39, 0.29) is 24.4 Å². The first-order chi connectivity index (χ1) is 8.85. The Labute approximate surface area is 118 Å². The molecule has 0 spiro atoms. The molecule has 0 aliphatic rings. The lowest BCUT2D eigenvalue weighted by atomic mass is 10.2. The van der Waals surface area contributed by atoms with Crippen LogP contribution >= 0.6 is 11.3 Å². The highest BCUT2D eigenvalue weighted by Crippen LogP contribution is 2.21. The zero-order valence-electron chi connectivity index (χ0n) is 12.2. The van der Waals surface area contributed by atoms with Crippen molar-refractivity contribution in [2.45, 2.75) is 40.7 Å². The van der Waals surface area contributed by atoms with Crippen LogP contribution in [0.3, 0.4) is 0 Å². The second-order valence-corrected chi connectivity index (χ2v) is 6.33. The Bertz CT molecular complexity index is 466. The van der Waals surface area contributed by atoms with Crippen molar-refractivity contribution in [2.24, 2.45) is 0 Å². The molecule has 0 bridgehead atoms. The molecule has 0 unspecified atom stereocenters. The van der Waals surface area contributed by atoms with E-state index in [2.05, 4.69) is 5.32 Å². The van der Waals surface area contributed by atoms with Crippen molar-refractivity contribution >= 4 is 23.2 Å². The van der Waals surface area contributed by atoms with E-state index in [1.54, 1.807) is 16.2 Å². The van der Waals surface area contributed by atoms with Crippen LogP contribution in [0.4, 0.5) is 0 Å². The van der Waals surface area contributed by atoms with E-state index >= 15 is 0 Å². The third kappa shape index (κ3) is 4.35. The Kier molecular flexibility index (Phi) is 5.54. The quantitative estimate of drug-likeness (QED) is 0.901. The van der Waals surface area contributed by atoms with E-state index in [0.29, 0.717) is 12.1 Å². The predicted octanol–water partition coefficient (Wildman–Crippen LogP) is 2.35. The number of likely N-dealkylation sites (N-methyl/N-ethyl adjacent to an activating group) is 1. The molecule has 0 radical (unpaired) electrons. The molecule has 1 rings (SSSR count). The summed E-state index contributed by atoms with van der Waals surface area (Å²) in [6, 6.07) is 1.98. The molecular formula is C14H22N2O2S. The van der Waals surface area contributed by atoms with Gasteiger partial charge in [-0.05, 0) is 40.7 Å². The van der Waals surface area contributed by atoms with Gasteiger partial charge in [0.1, 0.15) is 0 Å². The summed E-state index contributed by atoms with van der Waals surface area (Å²) in [7, 11) is 0. The second kappa shape index (κ2) is 6.70. The minimum Gasteiger partial charge on any atom is -0.352 e. The van der Waals surface area contributed by atoms with E-state index in [9.17, 15) is 9.59 Å². The number of nitrogens with zero attached hydrogens (tertiary/aromatic N) is 1. The number of carbonyl (C=O) groups is 2. The van der Waals surface area contributed by atoms with Gasteiger partial charge in [-0.25, -0.2) is 0 Å². The van der Waals surface area contributed by atoms with Gasteiger partial charge in [0.15, 0.2) is 0 Å². The van der Waals surface area contributed by atoms with Crippen molar-refractivity contribution in [1.29, 1.82) is 0 Å². The monoisotopic (exact) mass is 282 g/mol. The fourth-order valence-corrected chi connectivity index (χ4v) is 2.80. The van der Waals surface area contributed by atoms with Crippen LogP contribution in [0.1, 0.15) is 40.9 Å². The summed E-state index contributed by atoms with van der Waals surface area (Å²) >= 11 is 1.61. The standard InChI is InChI=1S/C14H22N2O2S/c1-6-16(8-13(17)15-9(2)3)14(18)12-7-10(4)19-11(12)5/h7,9H,6,8H2,1-5H3,(H,15,17). The molecule has 0 aliphatic carbocycles. The van der Waals surface area contributed by atoms with Gasteiger partial charge < -0.3 is 10.2 Å². The second-order valence-electron chi connectivity index (χ2n) is 4.87. The molecule has 0 aromatic carbocycles. The number of thiophene rings is 1. The van der Waals surface area contributed by atoms with E-state index in [1.807, 2.05) is 40.7 Å². The van der Waals surface area contributed by atoms with Crippen molar-refractivity contribution in [3.8, 4) is 0 Å². The first kappa shape index (κ1) is 15.7. The molecule has 0 fully saturated rings. The Morgan fingerprint density at radius 3 is 2.42 bits per heavy atom. The third-order valence-electron chi connectivity index (χ3n) is 2.72. The molecule has 4 nitrogen and oxygen atoms in total. The lowest BCUT2D eigenvalue weighted by molar-refractivity contribution is -0.122. The number of carbonyl (C=O) groups excluding carboxylic acids is 2. The van der Waals surface area contributed by atoms with Crippen molar-refractivity contribution in [2.75, 3.05) is 13.1 Å². The molecule has 5 heteroatoms. The van der Waals surface area contributed by atoms with Gasteiger partial charge >= 0.3 is 0 Å². The van der Waals surface area contributed by atoms with E-state index in [0.717, 1.165) is 9.75 Å². The van der Waals surface area contributed by atoms with E-state index in [4.69, 9.17) is 0 Å². The van der Waals surface area contributed by atoms with Crippen LogP contribution in [0, 0.1) is 13.8 Å². The zero-order valence-corrected chi connectivity index (χ0v) is 13.1. The Morgan fingerprint density at radius 1 is 1.37 bits per heavy atom. The lowest BCUT2D eigenvalue weighted by Crippen LogP contribution is -2.42. The number of aryl methyl sites for hydroxylation is 2. The Morgan fingerprint density at radius 2 is 2.00 bits per heavy atom. The van der Waals surface area contributed by atoms with Crippen LogP contribution in [0.2, 0.25) is 0 Å². The summed E-state index contributed by atoms with van der Waals surface area (Å²) in [5, 5.41) is 2.80. The van der Waals surface area contributed by atoms with Crippen LogP contribution in [0.25, 0.3) is 0 Å². The topological polar surface area (TPSA) is 49.4 Å². The molecular weight excluding hydrogens is 260 g/mol. The third-order valence-corrected chi connectivity index (χ3v) is 3.69. The number of hydrogen-bond acceptors (Lipinski definition) is 3. The molecule has 106 valence electrons. The summed E-state index contributed by atoms with van der Waals surface area (Å²) in [6.07, 6.45) is 0. The molecule has 2 amide bonds. The first-order valence-electron chi connectivity index (χ1n) is 6.50. The van der Waals surface area contributed by atoms with Crippen LogP contribution < -0.4 is 5.32 Å². The molecule has 0 saturated heterocycles. The van der Waals surface area contributed by atoms with Crippen molar-refractivity contribution in [3.63, 3.8) is 0 Å². The van der Waals surface area contributed by atoms with Crippen LogP contribution in [-0.4, -0.2) is 35.8 Å². The molecule has 1 N–H and O–H groups in total. The van der Waals surface area contributed by atoms with Crippen LogP contribution in [0.5, 0.6) is 0 Å². The summed E-state index contributed by atoms with van der Waals surface area (Å²) < 4.78 is 0. The largest absolute Gasteiger partial charge is 0.352 e. The molecule has 1 aromatic heterocycles. The minimum absolute atomic E-state index is 0.0664. The van der Waals surface area contributed by atoms with Gasteiger partial charge in [-0.2, -0.15) is 0 Å². The highest BCUT2D eigenvalue weighted by Gasteiger charge is 2.20. The molecule has 0 aliphatic heterocycles. The van der Waals surface area contributed by atoms with Crippen LogP contribution in [-0.2, 0) is 4.79 Å². The van der Waals surface area contributed by atoms with Gasteiger partial charge in [-0.15, -0.1) is 11.3 Å². The maximum absolute atomic E-state index is 12.4. The summed E-state index contributed by atoms with van der Waals surface area (Å²) in [5.41, 5.74) is 0.710. The first-order valence-corrected chi connectivity index (χ1v) is 7.32. The average molecular weight is 282 g/mol. The Hall–Kier alpha value is -1.36. The maximum atomic E-state index is 12.4. The van der Waals surface area contributed by atoms with Crippen LogP contribution in [0.15, 0.2) is 6.07 Å². The van der Waals surface area contributed by atoms with Crippen molar-refractivity contribution in [3.05, 3.63) is 21.4 Å². The SMILES string of the molecule is CCN(CC(=O)NC(C)C)C(=O)c1cc(C)sc1C. The Balaban J connectivity index is 2.77. The summed E-state index contributed by atoms with van der Waals surface area (Å²) in [5.74, 6) is -0.182. The van der Waals surface area contributed by atoms with Gasteiger partial charge in [-0.3, -0.25) is 9.59 Å². The normalized spacial score (nSPS) is 10.6. The lowest BCUT2D eigenvalue weighted by Gasteiger charge is -2.21. The summed E-state index contributed by atoms with van der Waals surface area (Å²) in [6.45, 7) is 10.3. The number of nitrogens with one attached hydrogen (secondary N) is 1. The number of hydrogen-bond donors (Lipinski definition) is 1. The maximum Gasteiger partial charge on any atom is 0.255 e. The van der Waals surface area contributed by atoms with Crippen molar-refractivity contribution in [1.82, 2.24) is 10.2 Å². The van der Waals surface area contributed by atoms with Gasteiger partial charge in [0, 0.05) is 22.3 Å². The van der Waals surface area contributed by atoms with Gasteiger partial charge in [0.2, 0.25) is 5.91 Å². The molecule has 0 atom stereocenters. The molecule has 1 heterocycles. The molecule has 19 heavy (non-hydrogen) atoms. The fraction of sp³-hybridized carbons (Fsp3) is 0.571. The zero-order chi connectivity index (χ0) is 14.6. The minimum atomic E-state index is -0.116. The smallest absolute Gasteiger partial charge is 0.255 e. The predicted molar refractivity (Wildman–Crippen MR) is 78.6 cm³/mol. The summed E-state index contributed by atoms with van der Waals surface area (Å²) in [4.78, 5) is 27.8. The highest BCUT2D eigenvalue weighted by atomic mass is 32.1. The number of amides is 2. The van der Waals surface area contributed by atoms with Gasteiger partial charge in [0.05, 0.1) is 12.1 Å². The fourth-order valence-electron chi connectivity index (χ4n) is 1.88. The van der Waals surface area contributed by atoms with E-state index in [1.165, 1.54) is 0 Å². The number of rotatable bonds is 5. The van der Waals surface area contributed by atoms with Crippen molar-refractivity contribution < 1.29 is 9.59 Å². The average Bonchev–Trinajstić information content (AvgIpc) is 2.63.